The topological polar surface area (TPSA) is 72.9 Å². The summed E-state index contributed by atoms with van der Waals surface area (Å²) in [5, 5.41) is 12.0. The van der Waals surface area contributed by atoms with Crippen LogP contribution in [0.3, 0.4) is 0 Å². The van der Waals surface area contributed by atoms with Crippen molar-refractivity contribution in [3.63, 3.8) is 0 Å². The number of rotatable bonds is 4. The number of carboxylic acids is 1. The number of urea groups is 1. The average Bonchev–Trinajstić information content (AvgIpc) is 2.34. The molecule has 1 heterocycles. The molecule has 3 atom stereocenters. The van der Waals surface area contributed by atoms with Crippen molar-refractivity contribution < 1.29 is 14.7 Å². The van der Waals surface area contributed by atoms with E-state index in [1.165, 1.54) is 11.9 Å². The Kier molecular flexibility index (Phi) is 5.60. The summed E-state index contributed by atoms with van der Waals surface area (Å²) in [6, 6.07) is -0.488. The molecule has 3 unspecified atom stereocenters. The molecule has 1 aliphatic heterocycles. The van der Waals surface area contributed by atoms with Crippen LogP contribution < -0.4 is 5.32 Å². The molecule has 0 radical (unpaired) electrons. The Hall–Kier alpha value is -1.30. The molecular formula is C13H25N3O3. The summed E-state index contributed by atoms with van der Waals surface area (Å²) in [5.74, 6) is -0.961. The molecule has 0 bridgehead atoms. The number of aliphatic carboxylic acids is 1. The molecule has 6 nitrogen and oxygen atoms in total. The fourth-order valence-electron chi connectivity index (χ4n) is 2.45. The Morgan fingerprint density at radius 3 is 2.63 bits per heavy atom. The Morgan fingerprint density at radius 1 is 1.53 bits per heavy atom. The normalized spacial score (nSPS) is 25.7. The third-order valence-electron chi connectivity index (χ3n) is 4.00. The van der Waals surface area contributed by atoms with Crippen LogP contribution in [0.4, 0.5) is 4.79 Å². The first-order chi connectivity index (χ1) is 8.86. The maximum absolute atomic E-state index is 12.0. The second-order valence-electron chi connectivity index (χ2n) is 5.37. The van der Waals surface area contributed by atoms with E-state index in [4.69, 9.17) is 5.11 Å². The van der Waals surface area contributed by atoms with Gasteiger partial charge in [-0.1, -0.05) is 6.92 Å². The second-order valence-corrected chi connectivity index (χ2v) is 5.37. The van der Waals surface area contributed by atoms with E-state index in [-0.39, 0.29) is 12.1 Å². The van der Waals surface area contributed by atoms with E-state index < -0.39 is 12.0 Å². The molecule has 2 N–H and O–H groups in total. The molecule has 110 valence electrons. The summed E-state index contributed by atoms with van der Waals surface area (Å²) in [5.41, 5.74) is 0. The zero-order valence-electron chi connectivity index (χ0n) is 12.2. The average molecular weight is 271 g/mol. The van der Waals surface area contributed by atoms with Crippen LogP contribution in [-0.4, -0.2) is 65.7 Å². The van der Waals surface area contributed by atoms with Gasteiger partial charge in [-0.15, -0.1) is 0 Å². The van der Waals surface area contributed by atoms with Gasteiger partial charge in [0.25, 0.3) is 0 Å². The minimum absolute atomic E-state index is 0.132. The van der Waals surface area contributed by atoms with Crippen molar-refractivity contribution in [2.45, 2.75) is 51.2 Å². The molecule has 0 aromatic carbocycles. The highest BCUT2D eigenvalue weighted by Gasteiger charge is 2.28. The van der Waals surface area contributed by atoms with E-state index in [1.54, 1.807) is 6.92 Å². The monoisotopic (exact) mass is 271 g/mol. The van der Waals surface area contributed by atoms with Gasteiger partial charge in [-0.3, -0.25) is 0 Å². The van der Waals surface area contributed by atoms with Gasteiger partial charge in [0.05, 0.1) is 0 Å². The van der Waals surface area contributed by atoms with Gasteiger partial charge in [-0.05, 0) is 33.2 Å². The lowest BCUT2D eigenvalue weighted by atomic mass is 9.99. The Bertz CT molecular complexity index is 335. The third-order valence-corrected chi connectivity index (χ3v) is 4.00. The van der Waals surface area contributed by atoms with E-state index in [0.29, 0.717) is 12.5 Å². The van der Waals surface area contributed by atoms with Gasteiger partial charge in [0, 0.05) is 25.7 Å². The van der Waals surface area contributed by atoms with E-state index in [0.717, 1.165) is 19.4 Å². The quantitative estimate of drug-likeness (QED) is 0.799. The number of nitrogens with zero attached hydrogens (tertiary/aromatic N) is 2. The number of nitrogens with one attached hydrogen (secondary N) is 1. The van der Waals surface area contributed by atoms with Gasteiger partial charge >= 0.3 is 12.0 Å². The number of likely N-dealkylation sites (tertiary alicyclic amines) is 1. The van der Waals surface area contributed by atoms with Crippen LogP contribution in [0.2, 0.25) is 0 Å². The molecule has 0 spiro atoms. The summed E-state index contributed by atoms with van der Waals surface area (Å²) < 4.78 is 0. The molecule has 19 heavy (non-hydrogen) atoms. The highest BCUT2D eigenvalue weighted by atomic mass is 16.4. The van der Waals surface area contributed by atoms with Crippen molar-refractivity contribution in [3.8, 4) is 0 Å². The molecule has 0 saturated carbocycles. The van der Waals surface area contributed by atoms with Crippen molar-refractivity contribution in [1.82, 2.24) is 15.1 Å². The predicted octanol–water partition coefficient (Wildman–Crippen LogP) is 0.974. The van der Waals surface area contributed by atoms with E-state index >= 15 is 0 Å². The smallest absolute Gasteiger partial charge is 0.326 e. The zero-order valence-corrected chi connectivity index (χ0v) is 12.2. The van der Waals surface area contributed by atoms with Gasteiger partial charge in [-0.2, -0.15) is 0 Å². The zero-order chi connectivity index (χ0) is 14.6. The minimum Gasteiger partial charge on any atom is -0.480 e. The molecule has 1 rings (SSSR count). The number of carbonyl (C=O) groups excluding carboxylic acids is 1. The summed E-state index contributed by atoms with van der Waals surface area (Å²) in [6.45, 7) is 4.85. The van der Waals surface area contributed by atoms with Gasteiger partial charge in [0.15, 0.2) is 0 Å². The summed E-state index contributed by atoms with van der Waals surface area (Å²) in [4.78, 5) is 26.6. The summed E-state index contributed by atoms with van der Waals surface area (Å²) >= 11 is 0. The molecule has 2 amide bonds. The van der Waals surface area contributed by atoms with Gasteiger partial charge in [0.2, 0.25) is 0 Å². The van der Waals surface area contributed by atoms with E-state index in [9.17, 15) is 9.59 Å². The first kappa shape index (κ1) is 15.8. The van der Waals surface area contributed by atoms with Crippen LogP contribution >= 0.6 is 0 Å². The number of carbonyl (C=O) groups is 2. The third kappa shape index (κ3) is 4.09. The van der Waals surface area contributed by atoms with Gasteiger partial charge < -0.3 is 20.2 Å². The predicted molar refractivity (Wildman–Crippen MR) is 73.1 cm³/mol. The number of likely N-dealkylation sites (N-methyl/N-ethyl adjacent to an activating group) is 1. The van der Waals surface area contributed by atoms with Crippen molar-refractivity contribution in [1.29, 1.82) is 0 Å². The number of carboxylic acid groups (broad SMARTS) is 1. The highest BCUT2D eigenvalue weighted by molar-refractivity contribution is 5.82. The van der Waals surface area contributed by atoms with Crippen molar-refractivity contribution in [3.05, 3.63) is 0 Å². The van der Waals surface area contributed by atoms with Crippen LogP contribution in [0.1, 0.15) is 33.1 Å². The van der Waals surface area contributed by atoms with Crippen molar-refractivity contribution in [2.75, 3.05) is 20.6 Å². The summed E-state index contributed by atoms with van der Waals surface area (Å²) in [7, 11) is 3.61. The minimum atomic E-state index is -0.961. The largest absolute Gasteiger partial charge is 0.480 e. The highest BCUT2D eigenvalue weighted by Crippen LogP contribution is 2.15. The lowest BCUT2D eigenvalue weighted by Gasteiger charge is -2.36. The Morgan fingerprint density at radius 2 is 2.16 bits per heavy atom. The standard InChI is InChI=1S/C13H25N3O3/c1-5-11(12(17)18)16(4)13(19)14-10-6-7-15(3)9(2)8-10/h9-11H,5-8H2,1-4H3,(H,14,19)(H,17,18). The maximum atomic E-state index is 12.0. The SMILES string of the molecule is CCC(C(=O)O)N(C)C(=O)NC1CCN(C)C(C)C1. The summed E-state index contributed by atoms with van der Waals surface area (Å²) in [6.07, 6.45) is 2.22. The first-order valence-electron chi connectivity index (χ1n) is 6.83. The fourth-order valence-corrected chi connectivity index (χ4v) is 2.45. The molecule has 1 saturated heterocycles. The molecular weight excluding hydrogens is 246 g/mol. The number of hydrogen-bond acceptors (Lipinski definition) is 3. The molecule has 0 aromatic heterocycles. The second kappa shape index (κ2) is 6.75. The van der Waals surface area contributed by atoms with Gasteiger partial charge in [-0.25, -0.2) is 9.59 Å². The van der Waals surface area contributed by atoms with E-state index in [1.807, 2.05) is 0 Å². The number of piperidine rings is 1. The van der Waals surface area contributed by atoms with Crippen molar-refractivity contribution in [2.24, 2.45) is 0 Å². The lowest BCUT2D eigenvalue weighted by molar-refractivity contribution is -0.141. The number of amides is 2. The van der Waals surface area contributed by atoms with Crippen LogP contribution in [0.5, 0.6) is 0 Å². The van der Waals surface area contributed by atoms with Crippen LogP contribution in [0.25, 0.3) is 0 Å². The Balaban J connectivity index is 2.52. The van der Waals surface area contributed by atoms with Crippen molar-refractivity contribution >= 4 is 12.0 Å². The van der Waals surface area contributed by atoms with Crippen LogP contribution in [0.15, 0.2) is 0 Å². The molecule has 1 aliphatic rings. The molecule has 6 heteroatoms. The Labute approximate surface area is 114 Å². The van der Waals surface area contributed by atoms with Gasteiger partial charge in [0.1, 0.15) is 6.04 Å². The molecule has 0 aromatic rings. The molecule has 1 fully saturated rings. The number of hydrogen-bond donors (Lipinski definition) is 2. The van der Waals surface area contributed by atoms with E-state index in [2.05, 4.69) is 24.2 Å². The molecule has 0 aliphatic carbocycles. The van der Waals surface area contributed by atoms with Crippen LogP contribution in [0, 0.1) is 0 Å². The fraction of sp³-hybridized carbons (Fsp3) is 0.846. The maximum Gasteiger partial charge on any atom is 0.326 e. The lowest BCUT2D eigenvalue weighted by Crippen LogP contribution is -2.53. The first-order valence-corrected chi connectivity index (χ1v) is 6.83. The van der Waals surface area contributed by atoms with Crippen LogP contribution in [-0.2, 0) is 4.79 Å².